The van der Waals surface area contributed by atoms with E-state index in [2.05, 4.69) is 25.8 Å². The lowest BCUT2D eigenvalue weighted by Gasteiger charge is -1.97. The number of rotatable bonds is 4. The molecule has 0 saturated carbocycles. The molecule has 4 heteroatoms. The molecule has 0 N–H and O–H groups in total. The minimum absolute atomic E-state index is 0.487. The first kappa shape index (κ1) is 11.3. The average molecular weight is 236 g/mol. The van der Waals surface area contributed by atoms with Crippen molar-refractivity contribution >= 4 is 22.6 Å². The molecule has 0 unspecified atom stereocenters. The predicted molar refractivity (Wildman–Crippen MR) is 66.5 cm³/mol. The van der Waals surface area contributed by atoms with Gasteiger partial charge in [-0.1, -0.05) is 27.2 Å². The number of hydrogen-bond donors (Lipinski definition) is 0. The zero-order valence-electron chi connectivity index (χ0n) is 9.86. The van der Waals surface area contributed by atoms with Gasteiger partial charge in [-0.15, -0.1) is 11.3 Å². The van der Waals surface area contributed by atoms with Crippen LogP contribution in [0.15, 0.2) is 6.20 Å². The van der Waals surface area contributed by atoms with E-state index < -0.39 is 0 Å². The Bertz CT molecular complexity index is 510. The van der Waals surface area contributed by atoms with Gasteiger partial charge in [0.25, 0.3) is 0 Å². The summed E-state index contributed by atoms with van der Waals surface area (Å²) in [5, 5.41) is 0. The summed E-state index contributed by atoms with van der Waals surface area (Å²) in [7, 11) is 0. The average Bonchev–Trinajstić information content (AvgIpc) is 2.74. The molecular formula is C12H16N2OS. The van der Waals surface area contributed by atoms with Crippen LogP contribution >= 0.6 is 11.3 Å². The van der Waals surface area contributed by atoms with E-state index in [1.54, 1.807) is 11.3 Å². The van der Waals surface area contributed by atoms with E-state index in [1.165, 1.54) is 4.88 Å². The summed E-state index contributed by atoms with van der Waals surface area (Å²) in [6.45, 7) is 6.40. The molecule has 0 amide bonds. The van der Waals surface area contributed by atoms with Gasteiger partial charge in [-0.2, -0.15) is 0 Å². The van der Waals surface area contributed by atoms with Gasteiger partial charge in [0.05, 0.1) is 5.69 Å². The number of aromatic nitrogens is 2. The Morgan fingerprint density at radius 1 is 1.56 bits per heavy atom. The molecule has 0 aliphatic carbocycles. The third-order valence-corrected chi connectivity index (χ3v) is 3.91. The maximum Gasteiger partial charge on any atom is 0.194 e. The summed E-state index contributed by atoms with van der Waals surface area (Å²) < 4.78 is 1.93. The largest absolute Gasteiger partial charge is 0.296 e. The molecule has 2 aromatic rings. The molecular weight excluding hydrogens is 220 g/mol. The van der Waals surface area contributed by atoms with Gasteiger partial charge in [-0.25, -0.2) is 4.98 Å². The Morgan fingerprint density at radius 3 is 2.88 bits per heavy atom. The molecule has 2 aromatic heterocycles. The Morgan fingerprint density at radius 2 is 2.31 bits per heavy atom. The van der Waals surface area contributed by atoms with Crippen molar-refractivity contribution in [2.24, 2.45) is 0 Å². The van der Waals surface area contributed by atoms with E-state index in [0.717, 1.165) is 35.5 Å². The number of carbonyl (C=O) groups excluding carboxylic acids is 1. The quantitative estimate of drug-likeness (QED) is 0.763. The van der Waals surface area contributed by atoms with Crippen LogP contribution in [0.25, 0.3) is 4.96 Å². The van der Waals surface area contributed by atoms with Crippen LogP contribution in [0.3, 0.4) is 0 Å². The number of hydrogen-bond acceptors (Lipinski definition) is 3. The molecule has 0 saturated heterocycles. The van der Waals surface area contributed by atoms with E-state index in [0.29, 0.717) is 5.92 Å². The molecule has 2 rings (SSSR count). The van der Waals surface area contributed by atoms with E-state index in [4.69, 9.17) is 0 Å². The fourth-order valence-corrected chi connectivity index (χ4v) is 2.75. The second-order valence-corrected chi connectivity index (χ2v) is 5.29. The maximum absolute atomic E-state index is 11.1. The second-order valence-electron chi connectivity index (χ2n) is 4.25. The minimum Gasteiger partial charge on any atom is -0.296 e. The highest BCUT2D eigenvalue weighted by atomic mass is 32.1. The third kappa shape index (κ3) is 1.78. The van der Waals surface area contributed by atoms with Gasteiger partial charge < -0.3 is 0 Å². The first-order valence-corrected chi connectivity index (χ1v) is 6.44. The van der Waals surface area contributed by atoms with Crippen LogP contribution < -0.4 is 0 Å². The zero-order valence-corrected chi connectivity index (χ0v) is 10.7. The number of nitrogens with zero attached hydrogens (tertiary/aromatic N) is 2. The first-order chi connectivity index (χ1) is 7.67. The van der Waals surface area contributed by atoms with E-state index in [9.17, 15) is 4.79 Å². The lowest BCUT2D eigenvalue weighted by Crippen LogP contribution is -1.94. The maximum atomic E-state index is 11.1. The SMILES string of the molecule is CCCc1nc2sc(C(C)C)cn2c1C=O. The molecule has 86 valence electrons. The van der Waals surface area contributed by atoms with Crippen LogP contribution in [0.4, 0.5) is 0 Å². The highest BCUT2D eigenvalue weighted by Gasteiger charge is 2.14. The summed E-state index contributed by atoms with van der Waals surface area (Å²) in [4.78, 5) is 17.8. The number of aryl methyl sites for hydroxylation is 1. The van der Waals surface area contributed by atoms with Crippen molar-refractivity contribution < 1.29 is 4.79 Å². The second kappa shape index (κ2) is 4.37. The van der Waals surface area contributed by atoms with Gasteiger partial charge in [-0.3, -0.25) is 9.20 Å². The summed E-state index contributed by atoms with van der Waals surface area (Å²) >= 11 is 1.67. The Kier molecular flexibility index (Phi) is 3.10. The predicted octanol–water partition coefficient (Wildman–Crippen LogP) is 3.28. The van der Waals surface area contributed by atoms with E-state index >= 15 is 0 Å². The number of carbonyl (C=O) groups is 1. The van der Waals surface area contributed by atoms with Crippen LogP contribution in [-0.2, 0) is 6.42 Å². The van der Waals surface area contributed by atoms with Gasteiger partial charge in [-0.05, 0) is 12.3 Å². The standard InChI is InChI=1S/C12H16N2OS/c1-4-5-9-10(7-15)14-6-11(8(2)3)16-12(14)13-9/h6-8H,4-5H2,1-3H3. The third-order valence-electron chi connectivity index (χ3n) is 2.62. The fraction of sp³-hybridized carbons (Fsp3) is 0.500. The zero-order chi connectivity index (χ0) is 11.7. The van der Waals surface area contributed by atoms with Gasteiger partial charge in [0.15, 0.2) is 11.2 Å². The van der Waals surface area contributed by atoms with Crippen molar-refractivity contribution in [2.45, 2.75) is 39.5 Å². The molecule has 0 spiro atoms. The lowest BCUT2D eigenvalue weighted by molar-refractivity contribution is 0.111. The molecule has 0 aliphatic heterocycles. The van der Waals surface area contributed by atoms with Crippen LogP contribution in [0, 0.1) is 0 Å². The van der Waals surface area contributed by atoms with Gasteiger partial charge in [0.1, 0.15) is 5.69 Å². The number of aldehydes is 1. The van der Waals surface area contributed by atoms with E-state index in [-0.39, 0.29) is 0 Å². The molecule has 16 heavy (non-hydrogen) atoms. The Balaban J connectivity index is 2.55. The highest BCUT2D eigenvalue weighted by Crippen LogP contribution is 2.26. The minimum atomic E-state index is 0.487. The Hall–Kier alpha value is -1.16. The van der Waals surface area contributed by atoms with Gasteiger partial charge in [0, 0.05) is 11.1 Å². The normalized spacial score (nSPS) is 11.5. The summed E-state index contributed by atoms with van der Waals surface area (Å²) in [6, 6.07) is 0. The highest BCUT2D eigenvalue weighted by molar-refractivity contribution is 7.17. The number of fused-ring (bicyclic) bond motifs is 1. The molecule has 0 radical (unpaired) electrons. The smallest absolute Gasteiger partial charge is 0.194 e. The molecule has 0 aromatic carbocycles. The molecule has 0 bridgehead atoms. The van der Waals surface area contributed by atoms with E-state index in [1.807, 2.05) is 10.6 Å². The number of thiazole rings is 1. The van der Waals surface area contributed by atoms with Gasteiger partial charge in [0.2, 0.25) is 0 Å². The molecule has 2 heterocycles. The Labute approximate surface area is 99.1 Å². The molecule has 0 fully saturated rings. The van der Waals surface area contributed by atoms with Crippen LogP contribution in [-0.4, -0.2) is 15.7 Å². The molecule has 0 aliphatic rings. The van der Waals surface area contributed by atoms with Crippen molar-refractivity contribution in [1.29, 1.82) is 0 Å². The molecule has 3 nitrogen and oxygen atoms in total. The lowest BCUT2D eigenvalue weighted by atomic mass is 10.2. The summed E-state index contributed by atoms with van der Waals surface area (Å²) in [5.41, 5.74) is 1.65. The topological polar surface area (TPSA) is 34.4 Å². The fourth-order valence-electron chi connectivity index (χ4n) is 1.74. The number of imidazole rings is 1. The van der Waals surface area contributed by atoms with Crippen molar-refractivity contribution in [3.05, 3.63) is 22.5 Å². The first-order valence-electron chi connectivity index (χ1n) is 5.63. The summed E-state index contributed by atoms with van der Waals surface area (Å²) in [5.74, 6) is 0.487. The van der Waals surface area contributed by atoms with Crippen molar-refractivity contribution in [1.82, 2.24) is 9.38 Å². The monoisotopic (exact) mass is 236 g/mol. The summed E-state index contributed by atoms with van der Waals surface area (Å²) in [6.07, 6.45) is 4.85. The van der Waals surface area contributed by atoms with Crippen molar-refractivity contribution in [2.75, 3.05) is 0 Å². The van der Waals surface area contributed by atoms with Crippen LogP contribution in [0.5, 0.6) is 0 Å². The van der Waals surface area contributed by atoms with Crippen LogP contribution in [0.2, 0.25) is 0 Å². The van der Waals surface area contributed by atoms with Crippen LogP contribution in [0.1, 0.15) is 54.2 Å². The molecule has 0 atom stereocenters. The van der Waals surface area contributed by atoms with Crippen molar-refractivity contribution in [3.63, 3.8) is 0 Å². The van der Waals surface area contributed by atoms with Gasteiger partial charge >= 0.3 is 0 Å². The van der Waals surface area contributed by atoms with Crippen molar-refractivity contribution in [3.8, 4) is 0 Å².